The Balaban J connectivity index is 1.80. The molecule has 6 heteroatoms. The summed E-state index contributed by atoms with van der Waals surface area (Å²) in [6.45, 7) is 6.07. The van der Waals surface area contributed by atoms with Crippen LogP contribution in [0.1, 0.15) is 54.6 Å². The Morgan fingerprint density at radius 1 is 1.33 bits per heavy atom. The van der Waals surface area contributed by atoms with E-state index in [1.165, 1.54) is 12.8 Å². The number of aromatic nitrogens is 4. The van der Waals surface area contributed by atoms with Gasteiger partial charge in [-0.15, -0.1) is 5.10 Å². The Kier molecular flexibility index (Phi) is 3.61. The van der Waals surface area contributed by atoms with Gasteiger partial charge in [0.25, 0.3) is 11.7 Å². The second kappa shape index (κ2) is 5.42. The molecule has 3 rings (SSSR count). The van der Waals surface area contributed by atoms with E-state index >= 15 is 0 Å². The molecule has 0 spiro atoms. The first kappa shape index (κ1) is 14.0. The Morgan fingerprint density at radius 3 is 2.90 bits per heavy atom. The van der Waals surface area contributed by atoms with Crippen molar-refractivity contribution in [2.24, 2.45) is 5.92 Å². The second-order valence-electron chi connectivity index (χ2n) is 6.13. The fourth-order valence-corrected chi connectivity index (χ4v) is 3.08. The van der Waals surface area contributed by atoms with Crippen molar-refractivity contribution in [1.82, 2.24) is 24.9 Å². The summed E-state index contributed by atoms with van der Waals surface area (Å²) in [6, 6.07) is 2.16. The average molecular weight is 287 g/mol. The topological polar surface area (TPSA) is 72.2 Å². The van der Waals surface area contributed by atoms with Crippen LogP contribution in [-0.4, -0.2) is 31.5 Å². The largest absolute Gasteiger partial charge is 0.347 e. The highest BCUT2D eigenvalue weighted by atomic mass is 16.2. The Bertz CT molecular complexity index is 678. The molecule has 2 heterocycles. The van der Waals surface area contributed by atoms with Crippen LogP contribution < -0.4 is 5.32 Å². The van der Waals surface area contributed by atoms with Crippen molar-refractivity contribution >= 4 is 11.7 Å². The third kappa shape index (κ3) is 2.89. The first-order valence-electron chi connectivity index (χ1n) is 7.55. The highest BCUT2D eigenvalue weighted by molar-refractivity contribution is 5.91. The van der Waals surface area contributed by atoms with Gasteiger partial charge in [0, 0.05) is 17.4 Å². The summed E-state index contributed by atoms with van der Waals surface area (Å²) in [5, 5.41) is 7.32. The summed E-state index contributed by atoms with van der Waals surface area (Å²) in [4.78, 5) is 20.9. The van der Waals surface area contributed by atoms with E-state index in [4.69, 9.17) is 0 Å². The molecule has 1 fully saturated rings. The normalized spacial score (nSPS) is 22.4. The van der Waals surface area contributed by atoms with Crippen molar-refractivity contribution in [2.75, 3.05) is 0 Å². The molecule has 0 aromatic carbocycles. The highest BCUT2D eigenvalue weighted by Gasteiger charge is 2.23. The molecule has 112 valence electrons. The van der Waals surface area contributed by atoms with E-state index < -0.39 is 0 Å². The maximum Gasteiger partial charge on any atom is 0.291 e. The minimum atomic E-state index is -0.198. The molecule has 0 radical (unpaired) electrons. The van der Waals surface area contributed by atoms with Gasteiger partial charge in [-0.25, -0.2) is 9.50 Å². The number of amides is 1. The van der Waals surface area contributed by atoms with E-state index in [0.717, 1.165) is 24.2 Å². The van der Waals surface area contributed by atoms with Crippen LogP contribution in [0.3, 0.4) is 0 Å². The lowest BCUT2D eigenvalue weighted by Crippen LogP contribution is -2.38. The third-order valence-corrected chi connectivity index (χ3v) is 4.09. The fraction of sp³-hybridized carbons (Fsp3) is 0.600. The molecule has 1 aliphatic rings. The van der Waals surface area contributed by atoms with Crippen LogP contribution in [0.5, 0.6) is 0 Å². The Labute approximate surface area is 124 Å². The number of carbonyl (C=O) groups excluding carboxylic acids is 1. The predicted octanol–water partition coefficient (Wildman–Crippen LogP) is 2.05. The molecule has 6 nitrogen and oxygen atoms in total. The maximum atomic E-state index is 12.3. The van der Waals surface area contributed by atoms with E-state index in [-0.39, 0.29) is 17.8 Å². The van der Waals surface area contributed by atoms with Gasteiger partial charge in [-0.1, -0.05) is 19.8 Å². The smallest absolute Gasteiger partial charge is 0.291 e. The molecule has 0 bridgehead atoms. The summed E-state index contributed by atoms with van der Waals surface area (Å²) in [5.41, 5.74) is 1.80. The van der Waals surface area contributed by atoms with Crippen molar-refractivity contribution < 1.29 is 4.79 Å². The van der Waals surface area contributed by atoms with Gasteiger partial charge in [-0.05, 0) is 38.7 Å². The predicted molar refractivity (Wildman–Crippen MR) is 79.1 cm³/mol. The molecule has 1 aliphatic carbocycles. The molecule has 2 aromatic rings. The molecule has 2 atom stereocenters. The minimum absolute atomic E-state index is 0.198. The standard InChI is InChI=1S/C15H21N5O/c1-9-5-4-6-12(7-9)17-14(21)13-18-15-16-10(2)8-11(3)20(15)19-13/h8-9,12H,4-7H2,1-3H3,(H,17,21). The van der Waals surface area contributed by atoms with Gasteiger partial charge < -0.3 is 5.32 Å². The highest BCUT2D eigenvalue weighted by Crippen LogP contribution is 2.23. The zero-order valence-corrected chi connectivity index (χ0v) is 12.8. The number of hydrogen-bond donors (Lipinski definition) is 1. The van der Waals surface area contributed by atoms with E-state index in [2.05, 4.69) is 27.3 Å². The first-order chi connectivity index (χ1) is 10.0. The number of fused-ring (bicyclic) bond motifs is 1. The molecule has 21 heavy (non-hydrogen) atoms. The SMILES string of the molecule is Cc1cc(C)n2nc(C(=O)NC3CCCC(C)C3)nc2n1. The number of carbonyl (C=O) groups is 1. The molecule has 1 N–H and O–H groups in total. The van der Waals surface area contributed by atoms with E-state index in [9.17, 15) is 4.79 Å². The van der Waals surface area contributed by atoms with E-state index in [1.54, 1.807) is 4.52 Å². The van der Waals surface area contributed by atoms with Crippen LogP contribution in [0, 0.1) is 19.8 Å². The fourth-order valence-electron chi connectivity index (χ4n) is 3.08. The maximum absolute atomic E-state index is 12.3. The Hall–Kier alpha value is -1.98. The number of rotatable bonds is 2. The quantitative estimate of drug-likeness (QED) is 0.917. The van der Waals surface area contributed by atoms with Crippen LogP contribution in [0.2, 0.25) is 0 Å². The number of hydrogen-bond acceptors (Lipinski definition) is 4. The molecule has 0 aliphatic heterocycles. The van der Waals surface area contributed by atoms with Gasteiger partial charge in [0.1, 0.15) is 0 Å². The van der Waals surface area contributed by atoms with Crippen molar-refractivity contribution in [2.45, 2.75) is 52.5 Å². The number of aryl methyl sites for hydroxylation is 2. The monoisotopic (exact) mass is 287 g/mol. The second-order valence-corrected chi connectivity index (χ2v) is 6.13. The molecule has 0 saturated heterocycles. The van der Waals surface area contributed by atoms with E-state index in [0.29, 0.717) is 11.7 Å². The summed E-state index contributed by atoms with van der Waals surface area (Å²) >= 11 is 0. The van der Waals surface area contributed by atoms with Gasteiger partial charge >= 0.3 is 0 Å². The zero-order chi connectivity index (χ0) is 15.0. The number of nitrogens with zero attached hydrogens (tertiary/aromatic N) is 4. The Morgan fingerprint density at radius 2 is 2.14 bits per heavy atom. The van der Waals surface area contributed by atoms with Crippen molar-refractivity contribution in [3.63, 3.8) is 0 Å². The van der Waals surface area contributed by atoms with Crippen LogP contribution in [0.15, 0.2) is 6.07 Å². The summed E-state index contributed by atoms with van der Waals surface area (Å²) in [7, 11) is 0. The minimum Gasteiger partial charge on any atom is -0.347 e. The molecular weight excluding hydrogens is 266 g/mol. The van der Waals surface area contributed by atoms with Crippen LogP contribution in [0.25, 0.3) is 5.78 Å². The van der Waals surface area contributed by atoms with Crippen molar-refractivity contribution in [1.29, 1.82) is 0 Å². The zero-order valence-electron chi connectivity index (χ0n) is 12.8. The number of nitrogens with one attached hydrogen (secondary N) is 1. The van der Waals surface area contributed by atoms with Gasteiger partial charge in [-0.3, -0.25) is 4.79 Å². The van der Waals surface area contributed by atoms with Crippen LogP contribution in [0.4, 0.5) is 0 Å². The molecule has 2 aromatic heterocycles. The summed E-state index contributed by atoms with van der Waals surface area (Å²) in [6.07, 6.45) is 4.50. The first-order valence-corrected chi connectivity index (χ1v) is 7.55. The van der Waals surface area contributed by atoms with Crippen molar-refractivity contribution in [3.05, 3.63) is 23.3 Å². The van der Waals surface area contributed by atoms with Gasteiger partial charge in [0.2, 0.25) is 5.82 Å². The lowest BCUT2D eigenvalue weighted by molar-refractivity contribution is 0.0911. The molecule has 1 amide bonds. The van der Waals surface area contributed by atoms with Gasteiger partial charge in [-0.2, -0.15) is 4.98 Å². The molecule has 2 unspecified atom stereocenters. The molecule has 1 saturated carbocycles. The molecular formula is C15H21N5O. The summed E-state index contributed by atoms with van der Waals surface area (Å²) in [5.74, 6) is 1.16. The summed E-state index contributed by atoms with van der Waals surface area (Å²) < 4.78 is 1.62. The van der Waals surface area contributed by atoms with Gasteiger partial charge in [0.15, 0.2) is 0 Å². The third-order valence-electron chi connectivity index (χ3n) is 4.09. The van der Waals surface area contributed by atoms with Crippen LogP contribution in [-0.2, 0) is 0 Å². The van der Waals surface area contributed by atoms with E-state index in [1.807, 2.05) is 19.9 Å². The van der Waals surface area contributed by atoms with Crippen LogP contribution >= 0.6 is 0 Å². The van der Waals surface area contributed by atoms with Gasteiger partial charge in [0.05, 0.1) is 0 Å². The lowest BCUT2D eigenvalue weighted by Gasteiger charge is -2.26. The average Bonchev–Trinajstić information content (AvgIpc) is 2.83. The lowest BCUT2D eigenvalue weighted by atomic mass is 9.87. The van der Waals surface area contributed by atoms with Crippen molar-refractivity contribution in [3.8, 4) is 0 Å².